The van der Waals surface area contributed by atoms with Crippen molar-refractivity contribution in [2.24, 2.45) is 5.41 Å². The molecule has 0 spiro atoms. The van der Waals surface area contributed by atoms with E-state index in [-0.39, 0.29) is 5.41 Å². The summed E-state index contributed by atoms with van der Waals surface area (Å²) in [6.07, 6.45) is 3.07. The first-order valence-corrected chi connectivity index (χ1v) is 11.4. The summed E-state index contributed by atoms with van der Waals surface area (Å²) in [6.45, 7) is 9.03. The maximum absolute atomic E-state index is 4.79. The van der Waals surface area contributed by atoms with Crippen LogP contribution in [-0.2, 0) is 6.42 Å². The molecular weight excluding hydrogens is 386 g/mol. The Morgan fingerprint density at radius 3 is 2.16 bits per heavy atom. The van der Waals surface area contributed by atoms with E-state index in [9.17, 15) is 0 Å². The molecule has 5 rings (SSSR count). The minimum Gasteiger partial charge on any atom is -0.256 e. The monoisotopic (exact) mass is 415 g/mol. The van der Waals surface area contributed by atoms with E-state index >= 15 is 0 Å². The molecule has 0 radical (unpaired) electrons. The first-order valence-electron chi connectivity index (χ1n) is 11.4. The highest BCUT2D eigenvalue weighted by atomic mass is 14.7. The van der Waals surface area contributed by atoms with Crippen molar-refractivity contribution < 1.29 is 0 Å². The molecule has 0 unspecified atom stereocenters. The second kappa shape index (κ2) is 7.91. The summed E-state index contributed by atoms with van der Waals surface area (Å²) < 4.78 is 0. The van der Waals surface area contributed by atoms with Gasteiger partial charge in [-0.1, -0.05) is 87.5 Å². The number of aromatic nitrogens is 1. The highest BCUT2D eigenvalue weighted by Gasteiger charge is 2.15. The van der Waals surface area contributed by atoms with Gasteiger partial charge < -0.3 is 0 Å². The van der Waals surface area contributed by atoms with Crippen LogP contribution in [0.4, 0.5) is 0 Å². The number of rotatable bonds is 3. The standard InChI is InChI=1S/C31H29N/c1-21-20-32-30(18-25(21)19-31(2,3)4)24-12-9-11-22(16-24)29-17-23-10-5-6-13-26(23)27-14-7-8-15-28(27)29/h5-18,20H,19H2,1-4H3. The van der Waals surface area contributed by atoms with Gasteiger partial charge >= 0.3 is 0 Å². The first kappa shape index (κ1) is 20.5. The molecule has 1 aromatic heterocycles. The van der Waals surface area contributed by atoms with Gasteiger partial charge in [-0.2, -0.15) is 0 Å². The number of hydrogen-bond acceptors (Lipinski definition) is 1. The van der Waals surface area contributed by atoms with Crippen molar-refractivity contribution in [3.05, 3.63) is 102 Å². The van der Waals surface area contributed by atoms with Gasteiger partial charge in [0.2, 0.25) is 0 Å². The number of hydrogen-bond donors (Lipinski definition) is 0. The molecule has 32 heavy (non-hydrogen) atoms. The van der Waals surface area contributed by atoms with E-state index in [0.29, 0.717) is 0 Å². The maximum atomic E-state index is 4.79. The van der Waals surface area contributed by atoms with Crippen molar-refractivity contribution in [1.29, 1.82) is 0 Å². The van der Waals surface area contributed by atoms with Crippen LogP contribution in [0.3, 0.4) is 0 Å². The van der Waals surface area contributed by atoms with Gasteiger partial charge in [0.05, 0.1) is 5.69 Å². The summed E-state index contributed by atoms with van der Waals surface area (Å²) in [5, 5.41) is 5.16. The fourth-order valence-corrected chi connectivity index (χ4v) is 4.62. The number of benzene rings is 4. The van der Waals surface area contributed by atoms with Gasteiger partial charge in [0.25, 0.3) is 0 Å². The van der Waals surface area contributed by atoms with E-state index in [0.717, 1.165) is 17.7 Å². The lowest BCUT2D eigenvalue weighted by Crippen LogP contribution is -2.10. The van der Waals surface area contributed by atoms with E-state index in [1.54, 1.807) is 0 Å². The van der Waals surface area contributed by atoms with Crippen LogP contribution in [0.25, 0.3) is 43.9 Å². The third-order valence-electron chi connectivity index (χ3n) is 6.17. The zero-order valence-corrected chi connectivity index (χ0v) is 19.3. The summed E-state index contributed by atoms with van der Waals surface area (Å²) >= 11 is 0. The summed E-state index contributed by atoms with van der Waals surface area (Å²) in [6, 6.07) is 30.8. The van der Waals surface area contributed by atoms with Crippen molar-refractivity contribution in [1.82, 2.24) is 4.98 Å². The Bertz CT molecular complexity index is 1440. The Balaban J connectivity index is 1.66. The largest absolute Gasteiger partial charge is 0.256 e. The lowest BCUT2D eigenvalue weighted by Gasteiger charge is -2.20. The Morgan fingerprint density at radius 1 is 0.688 bits per heavy atom. The molecule has 0 aliphatic carbocycles. The molecule has 0 saturated carbocycles. The molecule has 0 N–H and O–H groups in total. The summed E-state index contributed by atoms with van der Waals surface area (Å²) in [4.78, 5) is 4.79. The molecule has 0 saturated heterocycles. The third kappa shape index (κ3) is 3.91. The molecule has 0 bridgehead atoms. The molecule has 1 heterocycles. The Hall–Kier alpha value is -3.45. The van der Waals surface area contributed by atoms with Crippen molar-refractivity contribution in [2.45, 2.75) is 34.1 Å². The van der Waals surface area contributed by atoms with Crippen molar-refractivity contribution in [3.63, 3.8) is 0 Å². The van der Waals surface area contributed by atoms with Crippen molar-refractivity contribution in [2.75, 3.05) is 0 Å². The van der Waals surface area contributed by atoms with Crippen molar-refractivity contribution in [3.8, 4) is 22.4 Å². The normalized spacial score (nSPS) is 11.9. The zero-order chi connectivity index (χ0) is 22.3. The molecule has 0 aliphatic rings. The number of nitrogens with zero attached hydrogens (tertiary/aromatic N) is 1. The Morgan fingerprint density at radius 2 is 1.38 bits per heavy atom. The molecule has 1 nitrogen and oxygen atoms in total. The average Bonchev–Trinajstić information content (AvgIpc) is 2.79. The van der Waals surface area contributed by atoms with Gasteiger partial charge in [-0.3, -0.25) is 4.98 Å². The van der Waals surface area contributed by atoms with Gasteiger partial charge in [0.15, 0.2) is 0 Å². The van der Waals surface area contributed by atoms with E-state index in [4.69, 9.17) is 4.98 Å². The van der Waals surface area contributed by atoms with Crippen LogP contribution in [-0.4, -0.2) is 4.98 Å². The topological polar surface area (TPSA) is 12.9 Å². The Kier molecular flexibility index (Phi) is 5.06. The van der Waals surface area contributed by atoms with E-state index in [2.05, 4.69) is 113 Å². The predicted octanol–water partition coefficient (Wildman–Crippen LogP) is 8.62. The predicted molar refractivity (Wildman–Crippen MR) is 138 cm³/mol. The molecular formula is C31H29N. The maximum Gasteiger partial charge on any atom is 0.0705 e. The van der Waals surface area contributed by atoms with Crippen molar-refractivity contribution >= 4 is 21.5 Å². The fraction of sp³-hybridized carbons (Fsp3) is 0.194. The van der Waals surface area contributed by atoms with Crippen LogP contribution in [0, 0.1) is 12.3 Å². The van der Waals surface area contributed by atoms with Crippen LogP contribution in [0.2, 0.25) is 0 Å². The highest BCUT2D eigenvalue weighted by Crippen LogP contribution is 2.36. The van der Waals surface area contributed by atoms with Crippen LogP contribution in [0.1, 0.15) is 31.9 Å². The highest BCUT2D eigenvalue weighted by molar-refractivity contribution is 6.13. The lowest BCUT2D eigenvalue weighted by atomic mass is 9.86. The summed E-state index contributed by atoms with van der Waals surface area (Å²) in [5.74, 6) is 0. The minimum absolute atomic E-state index is 0.245. The zero-order valence-electron chi connectivity index (χ0n) is 19.3. The van der Waals surface area contributed by atoms with Gasteiger partial charge in [0, 0.05) is 11.8 Å². The van der Waals surface area contributed by atoms with Crippen LogP contribution in [0.15, 0.2) is 91.1 Å². The molecule has 158 valence electrons. The minimum atomic E-state index is 0.245. The van der Waals surface area contributed by atoms with Gasteiger partial charge in [-0.25, -0.2) is 0 Å². The van der Waals surface area contributed by atoms with Gasteiger partial charge in [-0.05, 0) is 80.8 Å². The number of pyridine rings is 1. The molecule has 0 fully saturated rings. The first-order chi connectivity index (χ1) is 15.4. The van der Waals surface area contributed by atoms with E-state index < -0.39 is 0 Å². The Labute approximate surface area is 190 Å². The smallest absolute Gasteiger partial charge is 0.0705 e. The van der Waals surface area contributed by atoms with Crippen LogP contribution < -0.4 is 0 Å². The van der Waals surface area contributed by atoms with Gasteiger partial charge in [0.1, 0.15) is 0 Å². The van der Waals surface area contributed by atoms with E-state index in [1.165, 1.54) is 43.8 Å². The quantitative estimate of drug-likeness (QED) is 0.269. The second-order valence-corrected chi connectivity index (χ2v) is 10.0. The lowest BCUT2D eigenvalue weighted by molar-refractivity contribution is 0.410. The van der Waals surface area contributed by atoms with Crippen LogP contribution in [0.5, 0.6) is 0 Å². The molecule has 0 aliphatic heterocycles. The van der Waals surface area contributed by atoms with Crippen LogP contribution >= 0.6 is 0 Å². The number of fused-ring (bicyclic) bond motifs is 3. The molecule has 1 heteroatoms. The molecule has 0 atom stereocenters. The third-order valence-corrected chi connectivity index (χ3v) is 6.17. The SMILES string of the molecule is Cc1cnc(-c2cccc(-c3cc4ccccc4c4ccccc34)c2)cc1CC(C)(C)C. The fourth-order valence-electron chi connectivity index (χ4n) is 4.62. The summed E-state index contributed by atoms with van der Waals surface area (Å²) in [5.41, 5.74) is 7.59. The summed E-state index contributed by atoms with van der Waals surface area (Å²) in [7, 11) is 0. The second-order valence-electron chi connectivity index (χ2n) is 10.0. The average molecular weight is 416 g/mol. The van der Waals surface area contributed by atoms with E-state index in [1.807, 2.05) is 6.20 Å². The molecule has 5 aromatic rings. The molecule has 4 aromatic carbocycles. The van der Waals surface area contributed by atoms with Gasteiger partial charge in [-0.15, -0.1) is 0 Å². The number of aryl methyl sites for hydroxylation is 1. The molecule has 0 amide bonds.